The van der Waals surface area contributed by atoms with Crippen LogP contribution in [0, 0.1) is 0 Å². The van der Waals surface area contributed by atoms with E-state index in [1.807, 2.05) is 6.92 Å². The average molecular weight is 238 g/mol. The molecule has 94 valence electrons. The van der Waals surface area contributed by atoms with Gasteiger partial charge in [0.2, 0.25) is 0 Å². The molecule has 0 spiro atoms. The van der Waals surface area contributed by atoms with Crippen LogP contribution in [0.4, 0.5) is 5.69 Å². The van der Waals surface area contributed by atoms with Crippen molar-refractivity contribution < 1.29 is 9.90 Å². The number of hydrogen-bond donors (Lipinski definition) is 3. The zero-order chi connectivity index (χ0) is 12.4. The van der Waals surface area contributed by atoms with Crippen LogP contribution in [0.1, 0.15) is 35.9 Å². The van der Waals surface area contributed by atoms with Crippen molar-refractivity contribution in [2.45, 2.75) is 32.3 Å². The molecule has 6 heteroatoms. The Hall–Kier alpha value is -1.56. The van der Waals surface area contributed by atoms with Crippen LogP contribution >= 0.6 is 0 Å². The van der Waals surface area contributed by atoms with Gasteiger partial charge in [-0.05, 0) is 12.8 Å². The molecule has 17 heavy (non-hydrogen) atoms. The minimum Gasteiger partial charge on any atom is -0.395 e. The van der Waals surface area contributed by atoms with Gasteiger partial charge < -0.3 is 15.7 Å². The number of β-amino-alcohol motifs (C(OH)–C–C–N with tert-alkyl or cyclic N) is 1. The molecule has 2 rings (SSSR count). The van der Waals surface area contributed by atoms with E-state index in [2.05, 4.69) is 10.2 Å². The van der Waals surface area contributed by atoms with Gasteiger partial charge in [0, 0.05) is 13.1 Å². The Morgan fingerprint density at radius 1 is 1.71 bits per heavy atom. The molecular weight excluding hydrogens is 220 g/mol. The number of nitrogens with two attached hydrogens (primary N) is 1. The Bertz CT molecular complexity index is 416. The molecule has 1 aromatic rings. The largest absolute Gasteiger partial charge is 0.395 e. The van der Waals surface area contributed by atoms with Crippen molar-refractivity contribution in [1.82, 2.24) is 15.1 Å². The third-order valence-corrected chi connectivity index (χ3v) is 3.04. The van der Waals surface area contributed by atoms with Gasteiger partial charge >= 0.3 is 0 Å². The topological polar surface area (TPSA) is 95.2 Å². The number of aliphatic hydroxyl groups is 1. The quantitative estimate of drug-likeness (QED) is 0.698. The number of aryl methyl sites for hydroxylation is 1. The highest BCUT2D eigenvalue weighted by Crippen LogP contribution is 2.19. The van der Waals surface area contributed by atoms with Crippen LogP contribution in [0.25, 0.3) is 0 Å². The van der Waals surface area contributed by atoms with E-state index >= 15 is 0 Å². The Balaban J connectivity index is 2.14. The van der Waals surface area contributed by atoms with E-state index in [0.717, 1.165) is 18.5 Å². The number of anilines is 1. The number of nitrogens with one attached hydrogen (secondary N) is 1. The van der Waals surface area contributed by atoms with Crippen LogP contribution in [0.3, 0.4) is 0 Å². The highest BCUT2D eigenvalue weighted by molar-refractivity contribution is 5.97. The summed E-state index contributed by atoms with van der Waals surface area (Å²) in [7, 11) is 0. The third kappa shape index (κ3) is 2.26. The lowest BCUT2D eigenvalue weighted by atomic mass is 10.2. The number of carbonyl (C=O) groups excluding carboxylic acids is 1. The van der Waals surface area contributed by atoms with Crippen molar-refractivity contribution in [2.24, 2.45) is 0 Å². The van der Waals surface area contributed by atoms with Crippen molar-refractivity contribution in [3.05, 3.63) is 11.4 Å². The van der Waals surface area contributed by atoms with Gasteiger partial charge in [-0.2, -0.15) is 5.10 Å². The summed E-state index contributed by atoms with van der Waals surface area (Å²) in [5, 5.41) is 16.2. The molecule has 0 radical (unpaired) electrons. The van der Waals surface area contributed by atoms with Crippen molar-refractivity contribution in [3.8, 4) is 0 Å². The van der Waals surface area contributed by atoms with Gasteiger partial charge in [0.05, 0.1) is 17.5 Å². The molecule has 0 aliphatic carbocycles. The van der Waals surface area contributed by atoms with Crippen LogP contribution in [0.15, 0.2) is 0 Å². The fourth-order valence-corrected chi connectivity index (χ4v) is 2.07. The number of carbonyl (C=O) groups is 1. The van der Waals surface area contributed by atoms with E-state index in [0.29, 0.717) is 25.2 Å². The second kappa shape index (κ2) is 4.75. The number of hydrogen-bond acceptors (Lipinski definition) is 4. The maximum Gasteiger partial charge on any atom is 0.276 e. The van der Waals surface area contributed by atoms with E-state index in [9.17, 15) is 9.90 Å². The molecule has 1 atom stereocenters. The first-order valence-electron chi connectivity index (χ1n) is 5.93. The summed E-state index contributed by atoms with van der Waals surface area (Å²) in [6, 6.07) is 0. The van der Waals surface area contributed by atoms with Gasteiger partial charge in [-0.3, -0.25) is 9.89 Å². The summed E-state index contributed by atoms with van der Waals surface area (Å²) in [5.41, 5.74) is 7.43. The fraction of sp³-hybridized carbons (Fsp3) is 0.636. The van der Waals surface area contributed by atoms with Gasteiger partial charge in [0.25, 0.3) is 5.91 Å². The monoisotopic (exact) mass is 238 g/mol. The molecule has 1 fully saturated rings. The van der Waals surface area contributed by atoms with Crippen LogP contribution in [-0.2, 0) is 6.42 Å². The number of aromatic nitrogens is 2. The van der Waals surface area contributed by atoms with Crippen molar-refractivity contribution in [2.75, 3.05) is 18.8 Å². The zero-order valence-corrected chi connectivity index (χ0v) is 9.94. The van der Waals surface area contributed by atoms with Crippen molar-refractivity contribution in [1.29, 1.82) is 0 Å². The molecule has 2 heterocycles. The summed E-state index contributed by atoms with van der Waals surface area (Å²) in [6.45, 7) is 2.97. The SMILES string of the molecule is CCCc1[nH]nc(C(=O)N2CC[C@H](O)C2)c1N. The van der Waals surface area contributed by atoms with Gasteiger partial charge in [0.15, 0.2) is 5.69 Å². The average Bonchev–Trinajstić information content (AvgIpc) is 2.87. The lowest BCUT2D eigenvalue weighted by molar-refractivity contribution is 0.0760. The second-order valence-corrected chi connectivity index (χ2v) is 4.41. The second-order valence-electron chi connectivity index (χ2n) is 4.41. The number of aliphatic hydroxyl groups excluding tert-OH is 1. The standard InChI is InChI=1S/C11H18N4O2/c1-2-3-8-9(12)10(14-13-8)11(17)15-5-4-7(16)6-15/h7,16H,2-6,12H2,1H3,(H,13,14)/t7-/m0/s1. The molecule has 1 aromatic heterocycles. The lowest BCUT2D eigenvalue weighted by Crippen LogP contribution is -2.30. The van der Waals surface area contributed by atoms with E-state index < -0.39 is 6.10 Å². The number of nitrogens with zero attached hydrogens (tertiary/aromatic N) is 2. The molecule has 0 saturated carbocycles. The Labute approximate surface area is 99.8 Å². The van der Waals surface area contributed by atoms with Crippen LogP contribution in [0.5, 0.6) is 0 Å². The van der Waals surface area contributed by atoms with Gasteiger partial charge in [-0.25, -0.2) is 0 Å². The highest BCUT2D eigenvalue weighted by Gasteiger charge is 2.28. The van der Waals surface area contributed by atoms with E-state index in [4.69, 9.17) is 5.73 Å². The molecule has 0 aromatic carbocycles. The van der Waals surface area contributed by atoms with Crippen molar-refractivity contribution >= 4 is 11.6 Å². The summed E-state index contributed by atoms with van der Waals surface area (Å²) < 4.78 is 0. The first-order chi connectivity index (χ1) is 8.13. The molecule has 1 amide bonds. The Morgan fingerprint density at radius 3 is 3.06 bits per heavy atom. The van der Waals surface area contributed by atoms with Gasteiger partial charge in [-0.1, -0.05) is 13.3 Å². The summed E-state index contributed by atoms with van der Waals surface area (Å²) >= 11 is 0. The predicted octanol–water partition coefficient (Wildman–Crippen LogP) is 0.151. The molecule has 0 bridgehead atoms. The molecule has 1 aliphatic rings. The minimum absolute atomic E-state index is 0.197. The Kier molecular flexibility index (Phi) is 3.33. The van der Waals surface area contributed by atoms with Gasteiger partial charge in [-0.15, -0.1) is 0 Å². The van der Waals surface area contributed by atoms with Gasteiger partial charge in [0.1, 0.15) is 0 Å². The fourth-order valence-electron chi connectivity index (χ4n) is 2.07. The van der Waals surface area contributed by atoms with E-state index in [-0.39, 0.29) is 11.6 Å². The number of likely N-dealkylation sites (tertiary alicyclic amines) is 1. The summed E-state index contributed by atoms with van der Waals surface area (Å²) in [4.78, 5) is 13.7. The number of amides is 1. The molecule has 4 N–H and O–H groups in total. The maximum atomic E-state index is 12.1. The molecule has 6 nitrogen and oxygen atoms in total. The molecule has 1 saturated heterocycles. The zero-order valence-electron chi connectivity index (χ0n) is 9.94. The smallest absolute Gasteiger partial charge is 0.276 e. The minimum atomic E-state index is -0.422. The van der Waals surface area contributed by atoms with Crippen LogP contribution < -0.4 is 5.73 Å². The number of H-pyrrole nitrogens is 1. The number of nitrogen functional groups attached to an aromatic ring is 1. The third-order valence-electron chi connectivity index (χ3n) is 3.04. The van der Waals surface area contributed by atoms with E-state index in [1.165, 1.54) is 0 Å². The Morgan fingerprint density at radius 2 is 2.47 bits per heavy atom. The predicted molar refractivity (Wildman–Crippen MR) is 63.5 cm³/mol. The molecule has 0 unspecified atom stereocenters. The molecular formula is C11H18N4O2. The van der Waals surface area contributed by atoms with Crippen LogP contribution in [0.2, 0.25) is 0 Å². The first-order valence-corrected chi connectivity index (χ1v) is 5.93. The number of rotatable bonds is 3. The first kappa shape index (κ1) is 11.9. The normalized spacial score (nSPS) is 19.9. The van der Waals surface area contributed by atoms with Crippen LogP contribution in [-0.4, -0.2) is 45.3 Å². The summed E-state index contributed by atoms with van der Waals surface area (Å²) in [5.74, 6) is -0.197. The summed E-state index contributed by atoms with van der Waals surface area (Å²) in [6.07, 6.45) is 1.93. The van der Waals surface area contributed by atoms with E-state index in [1.54, 1.807) is 4.90 Å². The maximum absolute atomic E-state index is 12.1. The highest BCUT2D eigenvalue weighted by atomic mass is 16.3. The number of aromatic amines is 1. The van der Waals surface area contributed by atoms with Crippen molar-refractivity contribution in [3.63, 3.8) is 0 Å². The lowest BCUT2D eigenvalue weighted by Gasteiger charge is -2.13. The molecule has 1 aliphatic heterocycles.